The number of anilines is 2. The van der Waals surface area contributed by atoms with Gasteiger partial charge in [-0.1, -0.05) is 6.07 Å². The first kappa shape index (κ1) is 18.9. The van der Waals surface area contributed by atoms with Crippen molar-refractivity contribution in [2.75, 3.05) is 22.4 Å². The van der Waals surface area contributed by atoms with E-state index in [0.717, 1.165) is 33.8 Å². The molecule has 0 aromatic heterocycles. The first-order valence-corrected chi connectivity index (χ1v) is 9.22. The molecule has 0 unspecified atom stereocenters. The van der Waals surface area contributed by atoms with Gasteiger partial charge in [-0.05, 0) is 49.2 Å². The fourth-order valence-electron chi connectivity index (χ4n) is 2.19. The SMILES string of the molecule is Cc1ccc(N(CC(=O)Nc2ccc(F)cc2F)S(C)(=O)=O)cc1C. The van der Waals surface area contributed by atoms with Gasteiger partial charge in [0.25, 0.3) is 0 Å². The highest BCUT2D eigenvalue weighted by atomic mass is 32.2. The maximum atomic E-state index is 13.6. The third-order valence-electron chi connectivity index (χ3n) is 3.67. The van der Waals surface area contributed by atoms with Crippen molar-refractivity contribution in [3.05, 3.63) is 59.2 Å². The molecule has 8 heteroatoms. The molecule has 0 spiro atoms. The third-order valence-corrected chi connectivity index (χ3v) is 4.81. The summed E-state index contributed by atoms with van der Waals surface area (Å²) < 4.78 is 51.5. The molecular formula is C17H18F2N2O3S. The van der Waals surface area contributed by atoms with E-state index in [0.29, 0.717) is 11.8 Å². The zero-order valence-electron chi connectivity index (χ0n) is 14.0. The van der Waals surface area contributed by atoms with Crippen LogP contribution in [-0.2, 0) is 14.8 Å². The smallest absolute Gasteiger partial charge is 0.245 e. The van der Waals surface area contributed by atoms with Crippen LogP contribution in [0, 0.1) is 25.5 Å². The topological polar surface area (TPSA) is 66.5 Å². The molecule has 0 saturated heterocycles. The Bertz CT molecular complexity index is 914. The Balaban J connectivity index is 2.25. The first-order valence-electron chi connectivity index (χ1n) is 7.38. The van der Waals surface area contributed by atoms with Crippen LogP contribution >= 0.6 is 0 Å². The lowest BCUT2D eigenvalue weighted by molar-refractivity contribution is -0.114. The maximum absolute atomic E-state index is 13.6. The van der Waals surface area contributed by atoms with Crippen LogP contribution in [0.4, 0.5) is 20.2 Å². The summed E-state index contributed by atoms with van der Waals surface area (Å²) in [5.41, 5.74) is 1.96. The summed E-state index contributed by atoms with van der Waals surface area (Å²) in [4.78, 5) is 12.2. The van der Waals surface area contributed by atoms with Crippen LogP contribution in [-0.4, -0.2) is 27.1 Å². The zero-order chi connectivity index (χ0) is 18.8. The molecule has 0 heterocycles. The van der Waals surface area contributed by atoms with Crippen LogP contribution in [0.15, 0.2) is 36.4 Å². The van der Waals surface area contributed by atoms with Crippen molar-refractivity contribution in [1.29, 1.82) is 0 Å². The van der Waals surface area contributed by atoms with Crippen molar-refractivity contribution < 1.29 is 22.0 Å². The van der Waals surface area contributed by atoms with Crippen molar-refractivity contribution in [2.24, 2.45) is 0 Å². The molecule has 2 aromatic rings. The molecule has 2 aromatic carbocycles. The highest BCUT2D eigenvalue weighted by molar-refractivity contribution is 7.92. The largest absolute Gasteiger partial charge is 0.322 e. The van der Waals surface area contributed by atoms with Gasteiger partial charge in [0.15, 0.2) is 0 Å². The molecule has 134 valence electrons. The monoisotopic (exact) mass is 368 g/mol. The van der Waals surface area contributed by atoms with Gasteiger partial charge in [-0.25, -0.2) is 17.2 Å². The zero-order valence-corrected chi connectivity index (χ0v) is 14.8. The van der Waals surface area contributed by atoms with E-state index in [1.165, 1.54) is 0 Å². The number of carbonyl (C=O) groups is 1. The second kappa shape index (κ2) is 7.18. The van der Waals surface area contributed by atoms with Crippen molar-refractivity contribution in [3.8, 4) is 0 Å². The molecule has 0 aliphatic carbocycles. The van der Waals surface area contributed by atoms with E-state index in [-0.39, 0.29) is 5.69 Å². The Morgan fingerprint density at radius 1 is 1.08 bits per heavy atom. The second-order valence-electron chi connectivity index (χ2n) is 5.71. The van der Waals surface area contributed by atoms with Crippen LogP contribution < -0.4 is 9.62 Å². The van der Waals surface area contributed by atoms with Crippen LogP contribution in [0.1, 0.15) is 11.1 Å². The average molecular weight is 368 g/mol. The van der Waals surface area contributed by atoms with Crippen LogP contribution in [0.2, 0.25) is 0 Å². The first-order chi connectivity index (χ1) is 11.6. The van der Waals surface area contributed by atoms with Crippen LogP contribution in [0.5, 0.6) is 0 Å². The summed E-state index contributed by atoms with van der Waals surface area (Å²) in [6.45, 7) is 3.18. The molecule has 0 aliphatic rings. The van der Waals surface area contributed by atoms with E-state index in [9.17, 15) is 22.0 Å². The van der Waals surface area contributed by atoms with E-state index in [2.05, 4.69) is 5.32 Å². The summed E-state index contributed by atoms with van der Waals surface area (Å²) in [7, 11) is -3.73. The number of sulfonamides is 1. The maximum Gasteiger partial charge on any atom is 0.245 e. The van der Waals surface area contributed by atoms with E-state index in [4.69, 9.17) is 0 Å². The molecular weight excluding hydrogens is 350 g/mol. The van der Waals surface area contributed by atoms with Gasteiger partial charge >= 0.3 is 0 Å². The quantitative estimate of drug-likeness (QED) is 0.882. The number of amides is 1. The minimum absolute atomic E-state index is 0.222. The van der Waals surface area contributed by atoms with Gasteiger partial charge in [0, 0.05) is 6.07 Å². The van der Waals surface area contributed by atoms with Gasteiger partial charge in [0.1, 0.15) is 18.2 Å². The minimum atomic E-state index is -3.73. The van der Waals surface area contributed by atoms with Crippen LogP contribution in [0.25, 0.3) is 0 Å². The number of rotatable bonds is 5. The average Bonchev–Trinajstić information content (AvgIpc) is 2.49. The van der Waals surface area contributed by atoms with E-state index < -0.39 is 34.1 Å². The standard InChI is InChI=1S/C17H18F2N2O3S/c1-11-4-6-14(8-12(11)2)21(25(3,23)24)10-17(22)20-16-7-5-13(18)9-15(16)19/h4-9H,10H2,1-3H3,(H,20,22). The summed E-state index contributed by atoms with van der Waals surface area (Å²) in [5, 5.41) is 2.25. The normalized spacial score (nSPS) is 11.2. The fourth-order valence-corrected chi connectivity index (χ4v) is 3.04. The van der Waals surface area contributed by atoms with Crippen molar-refractivity contribution in [2.45, 2.75) is 13.8 Å². The van der Waals surface area contributed by atoms with Gasteiger partial charge in [-0.3, -0.25) is 9.10 Å². The van der Waals surface area contributed by atoms with Gasteiger partial charge in [-0.2, -0.15) is 0 Å². The van der Waals surface area contributed by atoms with Gasteiger partial charge < -0.3 is 5.32 Å². The number of aryl methyl sites for hydroxylation is 2. The molecule has 0 atom stereocenters. The lowest BCUT2D eigenvalue weighted by Gasteiger charge is -2.22. The third kappa shape index (κ3) is 4.76. The Hall–Kier alpha value is -2.48. The second-order valence-corrected chi connectivity index (χ2v) is 7.62. The lowest BCUT2D eigenvalue weighted by Crippen LogP contribution is -2.37. The van der Waals surface area contributed by atoms with Crippen LogP contribution in [0.3, 0.4) is 0 Å². The molecule has 5 nitrogen and oxygen atoms in total. The molecule has 1 N–H and O–H groups in total. The molecule has 1 amide bonds. The number of halogens is 2. The highest BCUT2D eigenvalue weighted by Crippen LogP contribution is 2.21. The predicted molar refractivity (Wildman–Crippen MR) is 93.1 cm³/mol. The number of hydrogen-bond donors (Lipinski definition) is 1. The van der Waals surface area contributed by atoms with Gasteiger partial charge in [0.2, 0.25) is 15.9 Å². The van der Waals surface area contributed by atoms with Gasteiger partial charge in [0.05, 0.1) is 17.6 Å². The minimum Gasteiger partial charge on any atom is -0.322 e. The highest BCUT2D eigenvalue weighted by Gasteiger charge is 2.21. The lowest BCUT2D eigenvalue weighted by atomic mass is 10.1. The summed E-state index contributed by atoms with van der Waals surface area (Å²) in [6.07, 6.45) is 0.980. The molecule has 0 aliphatic heterocycles. The Kier molecular flexibility index (Phi) is 5.42. The molecule has 0 radical (unpaired) electrons. The Morgan fingerprint density at radius 2 is 1.76 bits per heavy atom. The van der Waals surface area contributed by atoms with Crippen molar-refractivity contribution in [3.63, 3.8) is 0 Å². The van der Waals surface area contributed by atoms with E-state index in [1.807, 2.05) is 13.8 Å². The molecule has 0 bridgehead atoms. The number of hydrogen-bond acceptors (Lipinski definition) is 3. The van der Waals surface area contributed by atoms with E-state index in [1.54, 1.807) is 18.2 Å². The number of carbonyl (C=O) groups excluding carboxylic acids is 1. The molecule has 25 heavy (non-hydrogen) atoms. The summed E-state index contributed by atoms with van der Waals surface area (Å²) in [6, 6.07) is 7.70. The molecule has 2 rings (SSSR count). The number of nitrogens with zero attached hydrogens (tertiary/aromatic N) is 1. The Morgan fingerprint density at radius 3 is 2.32 bits per heavy atom. The van der Waals surface area contributed by atoms with Gasteiger partial charge in [-0.15, -0.1) is 0 Å². The van der Waals surface area contributed by atoms with Crippen molar-refractivity contribution in [1.82, 2.24) is 0 Å². The number of benzene rings is 2. The molecule has 0 saturated carbocycles. The number of nitrogens with one attached hydrogen (secondary N) is 1. The summed E-state index contributed by atoms with van der Waals surface area (Å²) in [5.74, 6) is -2.46. The predicted octanol–water partition coefficient (Wildman–Crippen LogP) is 2.99. The van der Waals surface area contributed by atoms with Crippen molar-refractivity contribution >= 4 is 27.3 Å². The van der Waals surface area contributed by atoms with E-state index >= 15 is 0 Å². The Labute approximate surface area is 145 Å². The molecule has 0 fully saturated rings. The fraction of sp³-hybridized carbons (Fsp3) is 0.235. The summed E-state index contributed by atoms with van der Waals surface area (Å²) >= 11 is 0.